The number of hydrogen-bond acceptors (Lipinski definition) is 3. The monoisotopic (exact) mass is 415 g/mol. The van der Waals surface area contributed by atoms with Crippen molar-refractivity contribution in [1.82, 2.24) is 14.8 Å². The number of rotatable bonds is 4. The molecule has 3 rings (SSSR count). The van der Waals surface area contributed by atoms with E-state index in [0.29, 0.717) is 15.6 Å². The standard InChI is InChI=1S/C17H10Cl2F3N3O2/c18-10-2-1-9(12(19)7-10)8-25-16-11(13(24-25)4-6-15(26)27)3-5-14(23-16)17(20,21)22/h1-7H,8H2,(H,26,27)/b6-4+. The number of benzene rings is 1. The van der Waals surface area contributed by atoms with Gasteiger partial charge in [0.2, 0.25) is 0 Å². The molecule has 0 unspecified atom stereocenters. The second-order valence-corrected chi connectivity index (χ2v) is 6.36. The Morgan fingerprint density at radius 2 is 1.96 bits per heavy atom. The first kappa shape index (κ1) is 19.2. The Kier molecular flexibility index (Phi) is 5.12. The van der Waals surface area contributed by atoms with Crippen molar-refractivity contribution in [3.8, 4) is 0 Å². The highest BCUT2D eigenvalue weighted by Crippen LogP contribution is 2.30. The molecule has 0 spiro atoms. The van der Waals surface area contributed by atoms with Gasteiger partial charge in [0.25, 0.3) is 0 Å². The molecule has 1 aromatic carbocycles. The summed E-state index contributed by atoms with van der Waals surface area (Å²) in [5, 5.41) is 14.0. The number of hydrogen-bond donors (Lipinski definition) is 1. The SMILES string of the molecule is O=C(O)/C=C/c1nn(Cc2ccc(Cl)cc2Cl)c2nc(C(F)(F)F)ccc12. The number of halogens is 5. The molecule has 5 nitrogen and oxygen atoms in total. The Balaban J connectivity index is 2.15. The molecule has 1 N–H and O–H groups in total. The lowest BCUT2D eigenvalue weighted by atomic mass is 10.2. The Hall–Kier alpha value is -2.58. The first-order chi connectivity index (χ1) is 12.6. The number of aliphatic carboxylic acids is 1. The molecule has 2 heterocycles. The smallest absolute Gasteiger partial charge is 0.433 e. The van der Waals surface area contributed by atoms with Crippen LogP contribution in [0.1, 0.15) is 17.0 Å². The van der Waals surface area contributed by atoms with Crippen LogP contribution in [0, 0.1) is 0 Å². The average molecular weight is 416 g/mol. The van der Waals surface area contributed by atoms with Crippen LogP contribution < -0.4 is 0 Å². The van der Waals surface area contributed by atoms with Gasteiger partial charge in [-0.15, -0.1) is 0 Å². The highest BCUT2D eigenvalue weighted by molar-refractivity contribution is 6.35. The summed E-state index contributed by atoms with van der Waals surface area (Å²) in [5.74, 6) is -1.21. The van der Waals surface area contributed by atoms with Gasteiger partial charge in [0.15, 0.2) is 5.65 Å². The molecule has 27 heavy (non-hydrogen) atoms. The van der Waals surface area contributed by atoms with Gasteiger partial charge in [-0.3, -0.25) is 0 Å². The van der Waals surface area contributed by atoms with E-state index in [1.165, 1.54) is 22.9 Å². The number of carboxylic acids is 1. The largest absolute Gasteiger partial charge is 0.478 e. The van der Waals surface area contributed by atoms with E-state index >= 15 is 0 Å². The second kappa shape index (κ2) is 7.21. The van der Waals surface area contributed by atoms with Crippen LogP contribution >= 0.6 is 23.2 Å². The lowest BCUT2D eigenvalue weighted by molar-refractivity contribution is -0.141. The molecule has 2 aromatic heterocycles. The third kappa shape index (κ3) is 4.23. The summed E-state index contributed by atoms with van der Waals surface area (Å²) in [6.07, 6.45) is -2.59. The maximum Gasteiger partial charge on any atom is 0.433 e. The van der Waals surface area contributed by atoms with E-state index < -0.39 is 17.8 Å². The first-order valence-corrected chi connectivity index (χ1v) is 8.20. The molecule has 0 aliphatic heterocycles. The molecule has 0 saturated heterocycles. The molecule has 0 radical (unpaired) electrons. The highest BCUT2D eigenvalue weighted by atomic mass is 35.5. The lowest BCUT2D eigenvalue weighted by Crippen LogP contribution is -2.09. The maximum absolute atomic E-state index is 13.0. The zero-order valence-corrected chi connectivity index (χ0v) is 14.8. The molecular formula is C17H10Cl2F3N3O2. The lowest BCUT2D eigenvalue weighted by Gasteiger charge is -2.08. The third-order valence-corrected chi connectivity index (χ3v) is 4.22. The molecule has 0 saturated carbocycles. The van der Waals surface area contributed by atoms with Crippen molar-refractivity contribution in [1.29, 1.82) is 0 Å². The summed E-state index contributed by atoms with van der Waals surface area (Å²) in [5.41, 5.74) is -0.370. The number of carbonyl (C=O) groups is 1. The van der Waals surface area contributed by atoms with Crippen LogP contribution in [0.25, 0.3) is 17.1 Å². The summed E-state index contributed by atoms with van der Waals surface area (Å²) in [7, 11) is 0. The molecule has 3 aromatic rings. The quantitative estimate of drug-likeness (QED) is 0.615. The molecule has 0 fully saturated rings. The van der Waals surface area contributed by atoms with E-state index in [0.717, 1.165) is 12.1 Å². The van der Waals surface area contributed by atoms with E-state index in [1.807, 2.05) is 0 Å². The fourth-order valence-corrected chi connectivity index (χ4v) is 2.90. The predicted octanol–water partition coefficient (Wildman–Crippen LogP) is 4.90. The molecule has 10 heteroatoms. The minimum atomic E-state index is -4.63. The van der Waals surface area contributed by atoms with E-state index in [9.17, 15) is 18.0 Å². The van der Waals surface area contributed by atoms with Crippen molar-refractivity contribution in [3.63, 3.8) is 0 Å². The number of fused-ring (bicyclic) bond motifs is 1. The summed E-state index contributed by atoms with van der Waals surface area (Å²) in [6, 6.07) is 6.75. The summed E-state index contributed by atoms with van der Waals surface area (Å²) >= 11 is 12.0. The number of aromatic nitrogens is 3. The Labute approximate surface area is 160 Å². The van der Waals surface area contributed by atoms with Crippen molar-refractivity contribution in [2.45, 2.75) is 12.7 Å². The maximum atomic E-state index is 13.0. The van der Waals surface area contributed by atoms with Crippen LogP contribution in [0.2, 0.25) is 10.0 Å². The minimum Gasteiger partial charge on any atom is -0.478 e. The average Bonchev–Trinajstić information content (AvgIpc) is 2.92. The van der Waals surface area contributed by atoms with Gasteiger partial charge in [0.05, 0.1) is 12.2 Å². The van der Waals surface area contributed by atoms with Crippen molar-refractivity contribution in [3.05, 3.63) is 63.4 Å². The second-order valence-electron chi connectivity index (χ2n) is 5.52. The van der Waals surface area contributed by atoms with Gasteiger partial charge in [-0.25, -0.2) is 14.5 Å². The first-order valence-electron chi connectivity index (χ1n) is 7.45. The topological polar surface area (TPSA) is 68.0 Å². The van der Waals surface area contributed by atoms with Crippen LogP contribution in [0.15, 0.2) is 36.4 Å². The van der Waals surface area contributed by atoms with Gasteiger partial charge in [-0.2, -0.15) is 18.3 Å². The van der Waals surface area contributed by atoms with Gasteiger partial charge in [0.1, 0.15) is 5.69 Å². The van der Waals surface area contributed by atoms with Gasteiger partial charge >= 0.3 is 12.1 Å². The summed E-state index contributed by atoms with van der Waals surface area (Å²) < 4.78 is 40.3. The van der Waals surface area contributed by atoms with E-state index in [1.54, 1.807) is 12.1 Å². The van der Waals surface area contributed by atoms with Gasteiger partial charge < -0.3 is 5.11 Å². The third-order valence-electron chi connectivity index (χ3n) is 3.63. The highest BCUT2D eigenvalue weighted by Gasteiger charge is 2.33. The molecule has 0 bridgehead atoms. The van der Waals surface area contributed by atoms with Crippen molar-refractivity contribution < 1.29 is 23.1 Å². The molecule has 0 aliphatic carbocycles. The van der Waals surface area contributed by atoms with E-state index in [-0.39, 0.29) is 23.3 Å². The summed E-state index contributed by atoms with van der Waals surface area (Å²) in [4.78, 5) is 14.4. The zero-order chi connectivity index (χ0) is 19.8. The zero-order valence-electron chi connectivity index (χ0n) is 13.3. The van der Waals surface area contributed by atoms with E-state index in [2.05, 4.69) is 10.1 Å². The number of pyridine rings is 1. The van der Waals surface area contributed by atoms with E-state index in [4.69, 9.17) is 28.3 Å². The van der Waals surface area contributed by atoms with Gasteiger partial charge in [-0.05, 0) is 35.9 Å². The van der Waals surface area contributed by atoms with Gasteiger partial charge in [0, 0.05) is 21.5 Å². The fourth-order valence-electron chi connectivity index (χ4n) is 2.43. The Bertz CT molecular complexity index is 1060. The van der Waals surface area contributed by atoms with Crippen LogP contribution in [-0.4, -0.2) is 25.8 Å². The van der Waals surface area contributed by atoms with Gasteiger partial charge in [-0.1, -0.05) is 29.3 Å². The fraction of sp³-hybridized carbons (Fsp3) is 0.118. The molecule has 0 aliphatic rings. The summed E-state index contributed by atoms with van der Waals surface area (Å²) in [6.45, 7) is 0.0295. The Morgan fingerprint density at radius 1 is 1.22 bits per heavy atom. The normalized spacial score (nSPS) is 12.2. The van der Waals surface area contributed by atoms with Crippen molar-refractivity contribution >= 4 is 46.3 Å². The Morgan fingerprint density at radius 3 is 2.59 bits per heavy atom. The van der Waals surface area contributed by atoms with Crippen LogP contribution in [0.5, 0.6) is 0 Å². The number of alkyl halides is 3. The van der Waals surface area contributed by atoms with Crippen LogP contribution in [0.3, 0.4) is 0 Å². The minimum absolute atomic E-state index is 0.0295. The molecule has 0 amide bonds. The number of carboxylic acid groups (broad SMARTS) is 1. The molecule has 0 atom stereocenters. The number of nitrogens with zero attached hydrogens (tertiary/aromatic N) is 3. The molecule has 140 valence electrons. The van der Waals surface area contributed by atoms with Crippen molar-refractivity contribution in [2.24, 2.45) is 0 Å². The van der Waals surface area contributed by atoms with Crippen LogP contribution in [-0.2, 0) is 17.5 Å². The predicted molar refractivity (Wildman–Crippen MR) is 94.8 cm³/mol. The van der Waals surface area contributed by atoms with Crippen LogP contribution in [0.4, 0.5) is 13.2 Å². The van der Waals surface area contributed by atoms with Crippen molar-refractivity contribution in [2.75, 3.05) is 0 Å². The molecular weight excluding hydrogens is 406 g/mol.